The summed E-state index contributed by atoms with van der Waals surface area (Å²) < 4.78 is 0. The lowest BCUT2D eigenvalue weighted by atomic mass is 10.1. The number of hydrogen-bond donors (Lipinski definition) is 1. The average molecular weight is 168 g/mol. The number of rotatable bonds is 5. The van der Waals surface area contributed by atoms with Crippen LogP contribution in [0.3, 0.4) is 0 Å². The second-order valence-corrected chi connectivity index (χ2v) is 2.91. The Kier molecular flexibility index (Phi) is 5.30. The van der Waals surface area contributed by atoms with E-state index in [9.17, 15) is 4.79 Å². The van der Waals surface area contributed by atoms with Gasteiger partial charge < -0.3 is 5.11 Å². The van der Waals surface area contributed by atoms with Crippen LogP contribution in [0.25, 0.3) is 0 Å². The fourth-order valence-electron chi connectivity index (χ4n) is 0.790. The van der Waals surface area contributed by atoms with Crippen molar-refractivity contribution in [2.24, 2.45) is 0 Å². The van der Waals surface area contributed by atoms with Crippen molar-refractivity contribution in [3.8, 4) is 0 Å². The largest absolute Gasteiger partial charge is 0.385 e. The highest BCUT2D eigenvalue weighted by Gasteiger charge is 2.06. The summed E-state index contributed by atoms with van der Waals surface area (Å²) in [4.78, 5) is 10.6. The minimum atomic E-state index is -0.843. The van der Waals surface area contributed by atoms with Crippen molar-refractivity contribution in [1.29, 1.82) is 0 Å². The Morgan fingerprint density at radius 3 is 2.58 bits per heavy atom. The Balaban J connectivity index is 3.86. The lowest BCUT2D eigenvalue weighted by Crippen LogP contribution is -2.15. The van der Waals surface area contributed by atoms with Crippen LogP contribution >= 0.6 is 0 Å². The van der Waals surface area contributed by atoms with Gasteiger partial charge >= 0.3 is 0 Å². The van der Waals surface area contributed by atoms with Gasteiger partial charge in [0.25, 0.3) is 0 Å². The molecule has 0 unspecified atom stereocenters. The van der Waals surface area contributed by atoms with Crippen LogP contribution in [0.15, 0.2) is 24.3 Å². The molecule has 0 aromatic rings. The van der Waals surface area contributed by atoms with Gasteiger partial charge in [0.15, 0.2) is 5.78 Å². The second-order valence-electron chi connectivity index (χ2n) is 2.91. The molecule has 0 heterocycles. The molecule has 12 heavy (non-hydrogen) atoms. The molecule has 0 aliphatic rings. The van der Waals surface area contributed by atoms with E-state index in [4.69, 9.17) is 5.11 Å². The van der Waals surface area contributed by atoms with Crippen molar-refractivity contribution in [1.82, 2.24) is 0 Å². The Bertz CT molecular complexity index is 192. The van der Waals surface area contributed by atoms with Crippen LogP contribution in [0.2, 0.25) is 0 Å². The first-order valence-electron chi connectivity index (χ1n) is 4.03. The molecule has 0 aliphatic carbocycles. The van der Waals surface area contributed by atoms with Gasteiger partial charge in [-0.25, -0.2) is 0 Å². The molecule has 2 nitrogen and oxygen atoms in total. The lowest BCUT2D eigenvalue weighted by molar-refractivity contribution is -0.124. The van der Waals surface area contributed by atoms with Crippen LogP contribution in [0.5, 0.6) is 0 Å². The molecule has 0 rings (SSSR count). The van der Waals surface area contributed by atoms with Crippen molar-refractivity contribution in [2.75, 3.05) is 0 Å². The Labute approximate surface area is 73.6 Å². The second kappa shape index (κ2) is 5.72. The van der Waals surface area contributed by atoms with Gasteiger partial charge in [0.2, 0.25) is 0 Å². The van der Waals surface area contributed by atoms with E-state index < -0.39 is 6.10 Å². The topological polar surface area (TPSA) is 37.3 Å². The van der Waals surface area contributed by atoms with E-state index in [0.717, 1.165) is 12.0 Å². The summed E-state index contributed by atoms with van der Waals surface area (Å²) in [6.45, 7) is 6.94. The fourth-order valence-corrected chi connectivity index (χ4v) is 0.790. The average Bonchev–Trinajstić information content (AvgIpc) is 2.00. The maximum Gasteiger partial charge on any atom is 0.158 e. The third-order valence-corrected chi connectivity index (χ3v) is 1.63. The first-order chi connectivity index (χ1) is 5.57. The molecule has 0 aliphatic heterocycles. The SMILES string of the molecule is C=CCC(C)=CC[C@@H](O)C(C)=O. The highest BCUT2D eigenvalue weighted by atomic mass is 16.3. The number of hydrogen-bond acceptors (Lipinski definition) is 2. The molecule has 1 N–H and O–H groups in total. The van der Waals surface area contributed by atoms with E-state index in [0.29, 0.717) is 6.42 Å². The Morgan fingerprint density at radius 1 is 1.58 bits per heavy atom. The van der Waals surface area contributed by atoms with Gasteiger partial charge in [-0.3, -0.25) is 4.79 Å². The highest BCUT2D eigenvalue weighted by molar-refractivity contribution is 5.80. The molecule has 0 bridgehead atoms. The summed E-state index contributed by atoms with van der Waals surface area (Å²) in [6.07, 6.45) is 4.05. The normalized spacial score (nSPS) is 14.1. The Hall–Kier alpha value is -0.890. The Morgan fingerprint density at radius 2 is 2.17 bits per heavy atom. The summed E-state index contributed by atoms with van der Waals surface area (Å²) in [5.74, 6) is -0.183. The van der Waals surface area contributed by atoms with Crippen molar-refractivity contribution in [3.05, 3.63) is 24.3 Å². The molecule has 2 heteroatoms. The highest BCUT2D eigenvalue weighted by Crippen LogP contribution is 2.04. The van der Waals surface area contributed by atoms with E-state index >= 15 is 0 Å². The van der Waals surface area contributed by atoms with Gasteiger partial charge in [-0.05, 0) is 26.7 Å². The molecule has 0 saturated carbocycles. The minimum absolute atomic E-state index is 0.183. The molecule has 0 aromatic carbocycles. The van der Waals surface area contributed by atoms with Crippen LogP contribution in [0.1, 0.15) is 26.7 Å². The minimum Gasteiger partial charge on any atom is -0.385 e. The summed E-state index contributed by atoms with van der Waals surface area (Å²) in [5, 5.41) is 9.12. The maximum atomic E-state index is 10.6. The lowest BCUT2D eigenvalue weighted by Gasteiger charge is -2.02. The number of aliphatic hydroxyl groups excluding tert-OH is 1. The quantitative estimate of drug-likeness (QED) is 0.636. The van der Waals surface area contributed by atoms with Crippen molar-refractivity contribution in [3.63, 3.8) is 0 Å². The molecular formula is C10H16O2. The monoisotopic (exact) mass is 168 g/mol. The van der Waals surface area contributed by atoms with Gasteiger partial charge in [-0.15, -0.1) is 6.58 Å². The number of carbonyl (C=O) groups is 1. The third kappa shape index (κ3) is 4.85. The van der Waals surface area contributed by atoms with Crippen molar-refractivity contribution in [2.45, 2.75) is 32.8 Å². The van der Waals surface area contributed by atoms with Crippen LogP contribution < -0.4 is 0 Å². The van der Waals surface area contributed by atoms with Gasteiger partial charge in [-0.1, -0.05) is 17.7 Å². The van der Waals surface area contributed by atoms with Gasteiger partial charge in [0.05, 0.1) is 0 Å². The van der Waals surface area contributed by atoms with E-state index in [1.54, 1.807) is 6.08 Å². The summed E-state index contributed by atoms with van der Waals surface area (Å²) in [6, 6.07) is 0. The number of carbonyl (C=O) groups excluding carboxylic acids is 1. The van der Waals surface area contributed by atoms with Crippen LogP contribution in [-0.2, 0) is 4.79 Å². The molecule has 0 spiro atoms. The van der Waals surface area contributed by atoms with Crippen LogP contribution in [-0.4, -0.2) is 17.0 Å². The van der Waals surface area contributed by atoms with E-state index in [1.807, 2.05) is 13.0 Å². The van der Waals surface area contributed by atoms with E-state index in [-0.39, 0.29) is 5.78 Å². The molecule has 0 aromatic heterocycles. The maximum absolute atomic E-state index is 10.6. The van der Waals surface area contributed by atoms with Crippen molar-refractivity contribution >= 4 is 5.78 Å². The van der Waals surface area contributed by atoms with Gasteiger partial charge in [0, 0.05) is 0 Å². The smallest absolute Gasteiger partial charge is 0.158 e. The molecule has 1 atom stereocenters. The molecule has 0 radical (unpaired) electrons. The van der Waals surface area contributed by atoms with E-state index in [1.165, 1.54) is 6.92 Å². The zero-order valence-electron chi connectivity index (χ0n) is 7.71. The van der Waals surface area contributed by atoms with E-state index in [2.05, 4.69) is 6.58 Å². The number of Topliss-reactive ketones (excluding diaryl/α,β-unsaturated/α-hetero) is 1. The van der Waals surface area contributed by atoms with Crippen LogP contribution in [0, 0.1) is 0 Å². The van der Waals surface area contributed by atoms with Gasteiger partial charge in [-0.2, -0.15) is 0 Å². The molecule has 68 valence electrons. The third-order valence-electron chi connectivity index (χ3n) is 1.63. The number of ketones is 1. The first-order valence-corrected chi connectivity index (χ1v) is 4.03. The summed E-state index contributed by atoms with van der Waals surface area (Å²) >= 11 is 0. The number of aliphatic hydroxyl groups is 1. The number of allylic oxidation sites excluding steroid dienone is 2. The van der Waals surface area contributed by atoms with Crippen molar-refractivity contribution < 1.29 is 9.90 Å². The molecule has 0 fully saturated rings. The summed E-state index contributed by atoms with van der Waals surface area (Å²) in [5.41, 5.74) is 1.13. The predicted octanol–water partition coefficient (Wildman–Crippen LogP) is 1.85. The standard InChI is InChI=1S/C10H16O2/c1-4-5-8(2)6-7-10(12)9(3)11/h4,6,10,12H,1,5,7H2,2-3H3/t10-/m1/s1. The molecular weight excluding hydrogens is 152 g/mol. The first kappa shape index (κ1) is 11.1. The summed E-state index contributed by atoms with van der Waals surface area (Å²) in [7, 11) is 0. The molecule has 0 saturated heterocycles. The van der Waals surface area contributed by atoms with Crippen LogP contribution in [0.4, 0.5) is 0 Å². The fraction of sp³-hybridized carbons (Fsp3) is 0.500. The van der Waals surface area contributed by atoms with Gasteiger partial charge in [0.1, 0.15) is 6.10 Å². The molecule has 0 amide bonds. The zero-order valence-corrected chi connectivity index (χ0v) is 7.71. The zero-order chi connectivity index (χ0) is 9.56. The predicted molar refractivity (Wildman–Crippen MR) is 49.9 cm³/mol.